The Morgan fingerprint density at radius 2 is 1.85 bits per heavy atom. The fraction of sp³-hybridized carbons (Fsp3) is 0.900. The molecule has 0 aliphatic rings. The summed E-state index contributed by atoms with van der Waals surface area (Å²) in [6, 6.07) is 0.237. The average molecular weight is 186 g/mol. The topological polar surface area (TPSA) is 32.3 Å². The summed E-state index contributed by atoms with van der Waals surface area (Å²) in [5.41, 5.74) is 0. The molecule has 0 rings (SSSR count). The molecule has 0 aromatic heterocycles. The quantitative estimate of drug-likeness (QED) is 0.697. The summed E-state index contributed by atoms with van der Waals surface area (Å²) < 4.78 is 0. The van der Waals surface area contributed by atoms with E-state index in [1.165, 1.54) is 0 Å². The van der Waals surface area contributed by atoms with Gasteiger partial charge in [0.25, 0.3) is 0 Å². The van der Waals surface area contributed by atoms with E-state index in [1.54, 1.807) is 0 Å². The van der Waals surface area contributed by atoms with Gasteiger partial charge in [-0.1, -0.05) is 13.8 Å². The third kappa shape index (κ3) is 7.78. The number of nitrogens with zero attached hydrogens (tertiary/aromatic N) is 1. The van der Waals surface area contributed by atoms with E-state index in [-0.39, 0.29) is 11.9 Å². The summed E-state index contributed by atoms with van der Waals surface area (Å²) in [5.74, 6) is 0.593. The van der Waals surface area contributed by atoms with E-state index in [0.717, 1.165) is 6.54 Å². The second kappa shape index (κ2) is 5.97. The van der Waals surface area contributed by atoms with Crippen LogP contribution in [0.15, 0.2) is 0 Å². The number of nitrogens with one attached hydrogen (secondary N) is 1. The zero-order chi connectivity index (χ0) is 10.4. The molecule has 0 aromatic rings. The van der Waals surface area contributed by atoms with E-state index in [1.807, 2.05) is 21.0 Å². The molecule has 0 spiro atoms. The second-order valence-electron chi connectivity index (χ2n) is 4.33. The number of carbonyl (C=O) groups excluding carboxylic acids is 1. The van der Waals surface area contributed by atoms with E-state index in [4.69, 9.17) is 0 Å². The lowest BCUT2D eigenvalue weighted by Gasteiger charge is -2.18. The first-order valence-corrected chi connectivity index (χ1v) is 4.86. The van der Waals surface area contributed by atoms with Crippen molar-refractivity contribution in [2.75, 3.05) is 20.6 Å². The Bertz CT molecular complexity index is 155. The summed E-state index contributed by atoms with van der Waals surface area (Å²) in [6.07, 6.45) is 0.623. The molecule has 13 heavy (non-hydrogen) atoms. The molecule has 1 N–H and O–H groups in total. The van der Waals surface area contributed by atoms with Crippen LogP contribution in [0.2, 0.25) is 0 Å². The van der Waals surface area contributed by atoms with Crippen molar-refractivity contribution in [2.24, 2.45) is 5.92 Å². The first kappa shape index (κ1) is 12.4. The van der Waals surface area contributed by atoms with Gasteiger partial charge in [-0.05, 0) is 26.9 Å². The second-order valence-corrected chi connectivity index (χ2v) is 4.33. The molecule has 0 aliphatic carbocycles. The minimum Gasteiger partial charge on any atom is -0.352 e. The minimum atomic E-state index is 0.157. The van der Waals surface area contributed by atoms with Gasteiger partial charge in [0, 0.05) is 19.0 Å². The van der Waals surface area contributed by atoms with Gasteiger partial charge in [-0.2, -0.15) is 0 Å². The number of likely N-dealkylation sites (N-methyl/N-ethyl adjacent to an activating group) is 1. The van der Waals surface area contributed by atoms with E-state index in [0.29, 0.717) is 12.3 Å². The standard InChI is InChI=1S/C10H22N2O/c1-8(2)6-10(13)11-9(3)7-12(4)5/h8-9H,6-7H2,1-5H3,(H,11,13). The fourth-order valence-electron chi connectivity index (χ4n) is 1.30. The molecule has 0 fully saturated rings. The summed E-state index contributed by atoms with van der Waals surface area (Å²) in [4.78, 5) is 13.4. The fourth-order valence-corrected chi connectivity index (χ4v) is 1.30. The lowest BCUT2D eigenvalue weighted by Crippen LogP contribution is -2.39. The smallest absolute Gasteiger partial charge is 0.220 e. The van der Waals surface area contributed by atoms with E-state index < -0.39 is 0 Å². The zero-order valence-electron chi connectivity index (χ0n) is 9.42. The van der Waals surface area contributed by atoms with Crippen LogP contribution in [-0.2, 0) is 4.79 Å². The van der Waals surface area contributed by atoms with Crippen molar-refractivity contribution in [1.29, 1.82) is 0 Å². The van der Waals surface area contributed by atoms with Gasteiger partial charge in [-0.3, -0.25) is 4.79 Å². The van der Waals surface area contributed by atoms with Crippen LogP contribution in [-0.4, -0.2) is 37.5 Å². The predicted molar refractivity (Wildman–Crippen MR) is 55.6 cm³/mol. The number of hydrogen-bond donors (Lipinski definition) is 1. The molecule has 3 heteroatoms. The first-order chi connectivity index (χ1) is 5.91. The van der Waals surface area contributed by atoms with Gasteiger partial charge in [0.05, 0.1) is 0 Å². The molecule has 0 aromatic carbocycles. The van der Waals surface area contributed by atoms with Crippen LogP contribution in [0.4, 0.5) is 0 Å². The monoisotopic (exact) mass is 186 g/mol. The van der Waals surface area contributed by atoms with Gasteiger partial charge in [-0.25, -0.2) is 0 Å². The molecule has 0 aliphatic heterocycles. The van der Waals surface area contributed by atoms with Crippen molar-refractivity contribution in [1.82, 2.24) is 10.2 Å². The summed E-state index contributed by atoms with van der Waals surface area (Å²) >= 11 is 0. The third-order valence-electron chi connectivity index (χ3n) is 1.64. The third-order valence-corrected chi connectivity index (χ3v) is 1.64. The Morgan fingerprint density at radius 3 is 2.23 bits per heavy atom. The normalized spacial score (nSPS) is 13.5. The molecule has 0 bridgehead atoms. The Balaban J connectivity index is 3.65. The molecule has 78 valence electrons. The minimum absolute atomic E-state index is 0.157. The summed E-state index contributed by atoms with van der Waals surface area (Å²) in [5, 5.41) is 2.96. The number of rotatable bonds is 5. The van der Waals surface area contributed by atoms with Crippen LogP contribution in [0.25, 0.3) is 0 Å². The van der Waals surface area contributed by atoms with E-state index >= 15 is 0 Å². The van der Waals surface area contributed by atoms with Crippen LogP contribution in [0.3, 0.4) is 0 Å². The molecule has 1 unspecified atom stereocenters. The van der Waals surface area contributed by atoms with E-state index in [9.17, 15) is 4.79 Å². The maximum Gasteiger partial charge on any atom is 0.220 e. The lowest BCUT2D eigenvalue weighted by molar-refractivity contribution is -0.122. The molecule has 0 radical (unpaired) electrons. The predicted octanol–water partition coefficient (Wildman–Crippen LogP) is 1.10. The van der Waals surface area contributed by atoms with Crippen molar-refractivity contribution < 1.29 is 4.79 Å². The van der Waals surface area contributed by atoms with Crippen molar-refractivity contribution in [3.8, 4) is 0 Å². The first-order valence-electron chi connectivity index (χ1n) is 4.86. The molecular formula is C10H22N2O. The van der Waals surface area contributed by atoms with Crippen molar-refractivity contribution >= 4 is 5.91 Å². The highest BCUT2D eigenvalue weighted by Gasteiger charge is 2.09. The highest BCUT2D eigenvalue weighted by Crippen LogP contribution is 1.98. The molecule has 1 amide bonds. The Morgan fingerprint density at radius 1 is 1.31 bits per heavy atom. The molecule has 3 nitrogen and oxygen atoms in total. The summed E-state index contributed by atoms with van der Waals surface area (Å²) in [7, 11) is 4.01. The zero-order valence-corrected chi connectivity index (χ0v) is 9.42. The Kier molecular flexibility index (Phi) is 5.71. The van der Waals surface area contributed by atoms with Crippen LogP contribution in [0.5, 0.6) is 0 Å². The summed E-state index contributed by atoms with van der Waals surface area (Å²) in [6.45, 7) is 7.02. The van der Waals surface area contributed by atoms with Crippen LogP contribution < -0.4 is 5.32 Å². The number of carbonyl (C=O) groups is 1. The highest BCUT2D eigenvalue weighted by molar-refractivity contribution is 5.76. The van der Waals surface area contributed by atoms with Gasteiger partial charge in [0.1, 0.15) is 0 Å². The molecule has 0 heterocycles. The van der Waals surface area contributed by atoms with Gasteiger partial charge < -0.3 is 10.2 Å². The maximum absolute atomic E-state index is 11.3. The van der Waals surface area contributed by atoms with Crippen LogP contribution >= 0.6 is 0 Å². The van der Waals surface area contributed by atoms with Crippen molar-refractivity contribution in [2.45, 2.75) is 33.2 Å². The van der Waals surface area contributed by atoms with Crippen molar-refractivity contribution in [3.05, 3.63) is 0 Å². The number of hydrogen-bond acceptors (Lipinski definition) is 2. The van der Waals surface area contributed by atoms with Gasteiger partial charge >= 0.3 is 0 Å². The van der Waals surface area contributed by atoms with Crippen LogP contribution in [0, 0.1) is 5.92 Å². The van der Waals surface area contributed by atoms with Crippen LogP contribution in [0.1, 0.15) is 27.2 Å². The van der Waals surface area contributed by atoms with Gasteiger partial charge in [0.2, 0.25) is 5.91 Å². The molecule has 1 atom stereocenters. The van der Waals surface area contributed by atoms with Gasteiger partial charge in [-0.15, -0.1) is 0 Å². The van der Waals surface area contributed by atoms with Crippen molar-refractivity contribution in [3.63, 3.8) is 0 Å². The Hall–Kier alpha value is -0.570. The SMILES string of the molecule is CC(C)CC(=O)NC(C)CN(C)C. The maximum atomic E-state index is 11.3. The molecule has 0 saturated carbocycles. The number of amides is 1. The van der Waals surface area contributed by atoms with Gasteiger partial charge in [0.15, 0.2) is 0 Å². The largest absolute Gasteiger partial charge is 0.352 e. The lowest BCUT2D eigenvalue weighted by atomic mass is 10.1. The Labute approximate surface area is 81.5 Å². The van der Waals surface area contributed by atoms with E-state index in [2.05, 4.69) is 24.1 Å². The average Bonchev–Trinajstić information content (AvgIpc) is 1.80. The molecular weight excluding hydrogens is 164 g/mol. The molecule has 0 saturated heterocycles. The highest BCUT2D eigenvalue weighted by atomic mass is 16.1.